The summed E-state index contributed by atoms with van der Waals surface area (Å²) in [5, 5.41) is 17.1. The predicted molar refractivity (Wildman–Crippen MR) is 86.9 cm³/mol. The summed E-state index contributed by atoms with van der Waals surface area (Å²) in [6.07, 6.45) is 0.599. The third kappa shape index (κ3) is 3.78. The molecular weight excluding hydrogens is 314 g/mol. The molecule has 2 aromatic rings. The molecule has 0 fully saturated rings. The van der Waals surface area contributed by atoms with E-state index in [1.54, 1.807) is 0 Å². The van der Waals surface area contributed by atoms with E-state index in [-0.39, 0.29) is 18.2 Å². The van der Waals surface area contributed by atoms with E-state index in [9.17, 15) is 9.59 Å². The molecule has 0 saturated heterocycles. The van der Waals surface area contributed by atoms with Gasteiger partial charge in [-0.1, -0.05) is 41.7 Å². The molecule has 118 valence electrons. The number of hydrogen-bond acceptors (Lipinski definition) is 6. The standard InChI is InChI=1S/C15H15N5O2S/c1-10-17-18-15(23-10)16-14(22)12-7-8-13(21)20(19-12)9-11-5-3-2-4-6-11/h2-6H,7-9H2,1H3,(H,16,18,22). The van der Waals surface area contributed by atoms with Gasteiger partial charge in [0.05, 0.1) is 6.54 Å². The molecule has 0 spiro atoms. The molecule has 23 heavy (non-hydrogen) atoms. The summed E-state index contributed by atoms with van der Waals surface area (Å²) in [6.45, 7) is 2.17. The van der Waals surface area contributed by atoms with Crippen LogP contribution in [0.2, 0.25) is 0 Å². The Hall–Kier alpha value is -2.61. The van der Waals surface area contributed by atoms with Crippen molar-refractivity contribution in [2.24, 2.45) is 5.10 Å². The van der Waals surface area contributed by atoms with Crippen molar-refractivity contribution < 1.29 is 9.59 Å². The van der Waals surface area contributed by atoms with Crippen molar-refractivity contribution in [2.75, 3.05) is 5.32 Å². The Kier molecular flexibility index (Phi) is 4.42. The second-order valence-electron chi connectivity index (χ2n) is 5.06. The second-order valence-corrected chi connectivity index (χ2v) is 6.25. The fraction of sp³-hybridized carbons (Fsp3) is 0.267. The highest BCUT2D eigenvalue weighted by Gasteiger charge is 2.25. The van der Waals surface area contributed by atoms with Crippen LogP contribution in [0.3, 0.4) is 0 Å². The number of carbonyl (C=O) groups excluding carboxylic acids is 2. The molecule has 0 aliphatic carbocycles. The molecule has 0 unspecified atom stereocenters. The van der Waals surface area contributed by atoms with E-state index in [1.165, 1.54) is 16.3 Å². The van der Waals surface area contributed by atoms with Crippen LogP contribution in [0.1, 0.15) is 23.4 Å². The fourth-order valence-corrected chi connectivity index (χ4v) is 2.75. The van der Waals surface area contributed by atoms with Crippen LogP contribution in [0.15, 0.2) is 35.4 Å². The second kappa shape index (κ2) is 6.66. The van der Waals surface area contributed by atoms with Crippen molar-refractivity contribution in [3.8, 4) is 0 Å². The average Bonchev–Trinajstić information content (AvgIpc) is 2.95. The Morgan fingerprint density at radius 2 is 2.04 bits per heavy atom. The van der Waals surface area contributed by atoms with Crippen molar-refractivity contribution in [3.63, 3.8) is 0 Å². The molecule has 2 heterocycles. The molecule has 3 rings (SSSR count). The first kappa shape index (κ1) is 15.3. The third-order valence-electron chi connectivity index (χ3n) is 3.29. The van der Waals surface area contributed by atoms with Gasteiger partial charge < -0.3 is 0 Å². The summed E-state index contributed by atoms with van der Waals surface area (Å²) in [5.41, 5.74) is 1.29. The van der Waals surface area contributed by atoms with Gasteiger partial charge >= 0.3 is 0 Å². The normalized spacial score (nSPS) is 14.6. The molecule has 7 nitrogen and oxygen atoms in total. The number of nitrogens with one attached hydrogen (secondary N) is 1. The molecule has 0 atom stereocenters. The maximum Gasteiger partial charge on any atom is 0.273 e. The van der Waals surface area contributed by atoms with E-state index in [0.29, 0.717) is 23.8 Å². The van der Waals surface area contributed by atoms with Gasteiger partial charge in [0.1, 0.15) is 10.7 Å². The highest BCUT2D eigenvalue weighted by molar-refractivity contribution is 7.15. The zero-order chi connectivity index (χ0) is 16.2. The summed E-state index contributed by atoms with van der Waals surface area (Å²) in [4.78, 5) is 24.2. The summed E-state index contributed by atoms with van der Waals surface area (Å²) < 4.78 is 0. The van der Waals surface area contributed by atoms with Crippen molar-refractivity contribution >= 4 is 34.0 Å². The van der Waals surface area contributed by atoms with Gasteiger partial charge in [0.15, 0.2) is 0 Å². The first-order valence-electron chi connectivity index (χ1n) is 7.15. The zero-order valence-corrected chi connectivity index (χ0v) is 13.3. The van der Waals surface area contributed by atoms with Crippen molar-refractivity contribution in [3.05, 3.63) is 40.9 Å². The minimum Gasteiger partial charge on any atom is -0.295 e. The van der Waals surface area contributed by atoms with Gasteiger partial charge in [-0.15, -0.1) is 10.2 Å². The third-order valence-corrected chi connectivity index (χ3v) is 4.04. The molecule has 8 heteroatoms. The number of aryl methyl sites for hydroxylation is 1. The van der Waals surface area contributed by atoms with E-state index in [1.807, 2.05) is 37.3 Å². The van der Waals surface area contributed by atoms with Crippen LogP contribution in [-0.2, 0) is 16.1 Å². The van der Waals surface area contributed by atoms with Gasteiger partial charge in [0.2, 0.25) is 11.0 Å². The lowest BCUT2D eigenvalue weighted by atomic mass is 10.1. The Labute approximate surface area is 137 Å². The molecule has 1 aromatic carbocycles. The van der Waals surface area contributed by atoms with Crippen molar-refractivity contribution in [1.29, 1.82) is 0 Å². The summed E-state index contributed by atoms with van der Waals surface area (Å²) in [7, 11) is 0. The van der Waals surface area contributed by atoms with Gasteiger partial charge in [-0.05, 0) is 12.5 Å². The van der Waals surface area contributed by atoms with Crippen LogP contribution in [0.4, 0.5) is 5.13 Å². The number of amides is 2. The van der Waals surface area contributed by atoms with Gasteiger partial charge in [0, 0.05) is 12.8 Å². The topological polar surface area (TPSA) is 87.6 Å². The first-order valence-corrected chi connectivity index (χ1v) is 7.96. The first-order chi connectivity index (χ1) is 11.1. The number of anilines is 1. The molecule has 0 bridgehead atoms. The Bertz CT molecular complexity index is 756. The summed E-state index contributed by atoms with van der Waals surface area (Å²) in [5.74, 6) is -0.427. The number of nitrogens with zero attached hydrogens (tertiary/aromatic N) is 4. The number of carbonyl (C=O) groups is 2. The van der Waals surface area contributed by atoms with E-state index in [2.05, 4.69) is 20.6 Å². The van der Waals surface area contributed by atoms with E-state index in [4.69, 9.17) is 0 Å². The lowest BCUT2D eigenvalue weighted by Crippen LogP contribution is -2.36. The number of hydrazone groups is 1. The molecule has 0 radical (unpaired) electrons. The lowest BCUT2D eigenvalue weighted by Gasteiger charge is -2.23. The van der Waals surface area contributed by atoms with E-state index < -0.39 is 0 Å². The molecular formula is C15H15N5O2S. The quantitative estimate of drug-likeness (QED) is 0.929. The minimum absolute atomic E-state index is 0.0860. The van der Waals surface area contributed by atoms with Crippen LogP contribution >= 0.6 is 11.3 Å². The Morgan fingerprint density at radius 1 is 1.26 bits per heavy atom. The van der Waals surface area contributed by atoms with Gasteiger partial charge in [-0.25, -0.2) is 5.01 Å². The van der Waals surface area contributed by atoms with Crippen LogP contribution < -0.4 is 5.32 Å². The van der Waals surface area contributed by atoms with Crippen LogP contribution in [-0.4, -0.2) is 32.7 Å². The fourth-order valence-electron chi connectivity index (χ4n) is 2.16. The Morgan fingerprint density at radius 3 is 2.74 bits per heavy atom. The van der Waals surface area contributed by atoms with Crippen molar-refractivity contribution in [2.45, 2.75) is 26.3 Å². The Balaban J connectivity index is 1.72. The SMILES string of the molecule is Cc1nnc(NC(=O)C2=NN(Cc3ccccc3)C(=O)CC2)s1. The van der Waals surface area contributed by atoms with Crippen LogP contribution in [0.25, 0.3) is 0 Å². The highest BCUT2D eigenvalue weighted by Crippen LogP contribution is 2.17. The maximum absolute atomic E-state index is 12.2. The van der Waals surface area contributed by atoms with Gasteiger partial charge in [-0.3, -0.25) is 14.9 Å². The molecule has 1 aromatic heterocycles. The number of rotatable bonds is 4. The summed E-state index contributed by atoms with van der Waals surface area (Å²) >= 11 is 1.29. The molecule has 1 aliphatic rings. The summed E-state index contributed by atoms with van der Waals surface area (Å²) in [6, 6.07) is 9.55. The minimum atomic E-state index is -0.341. The maximum atomic E-state index is 12.2. The predicted octanol–water partition coefficient (Wildman–Crippen LogP) is 1.96. The molecule has 2 amide bonds. The monoisotopic (exact) mass is 329 g/mol. The highest BCUT2D eigenvalue weighted by atomic mass is 32.1. The van der Waals surface area contributed by atoms with E-state index >= 15 is 0 Å². The number of benzene rings is 1. The molecule has 0 saturated carbocycles. The largest absolute Gasteiger partial charge is 0.295 e. The smallest absolute Gasteiger partial charge is 0.273 e. The van der Waals surface area contributed by atoms with Gasteiger partial charge in [-0.2, -0.15) is 5.10 Å². The zero-order valence-electron chi connectivity index (χ0n) is 12.5. The number of hydrogen-bond donors (Lipinski definition) is 1. The van der Waals surface area contributed by atoms with Gasteiger partial charge in [0.25, 0.3) is 5.91 Å². The van der Waals surface area contributed by atoms with E-state index in [0.717, 1.165) is 10.6 Å². The molecule has 1 N–H and O–H groups in total. The van der Waals surface area contributed by atoms with Crippen LogP contribution in [0, 0.1) is 6.92 Å². The lowest BCUT2D eigenvalue weighted by molar-refractivity contribution is -0.132. The average molecular weight is 329 g/mol. The van der Waals surface area contributed by atoms with Crippen molar-refractivity contribution in [1.82, 2.24) is 15.2 Å². The molecule has 1 aliphatic heterocycles. The van der Waals surface area contributed by atoms with Crippen LogP contribution in [0.5, 0.6) is 0 Å². The number of aromatic nitrogens is 2.